The normalized spacial score (nSPS) is 13.7. The average molecular weight is 602 g/mol. The Morgan fingerprint density at radius 2 is 1.84 bits per heavy atom. The number of fused-ring (bicyclic) bond motifs is 3. The predicted molar refractivity (Wildman–Crippen MR) is 166 cm³/mol. The Labute approximate surface area is 255 Å². The molecule has 0 unspecified atom stereocenters. The summed E-state index contributed by atoms with van der Waals surface area (Å²) in [5.41, 5.74) is 4.73. The molecule has 0 N–H and O–H groups in total. The van der Waals surface area contributed by atoms with Crippen LogP contribution in [-0.2, 0) is 42.5 Å². The number of aromatic nitrogens is 3. The van der Waals surface area contributed by atoms with E-state index in [1.807, 2.05) is 53.1 Å². The predicted octanol–water partition coefficient (Wildman–Crippen LogP) is 7.50. The monoisotopic (exact) mass is 601 g/mol. The van der Waals surface area contributed by atoms with E-state index >= 15 is 0 Å². The molecule has 0 amide bonds. The van der Waals surface area contributed by atoms with Crippen LogP contribution < -0.4 is 4.74 Å². The fourth-order valence-electron chi connectivity index (χ4n) is 6.37. The first-order valence-corrected chi connectivity index (χ1v) is 15.3. The average Bonchev–Trinajstić information content (AvgIpc) is 3.48. The summed E-state index contributed by atoms with van der Waals surface area (Å²) < 4.78 is 49.0. The number of nitrogens with zero attached hydrogens (tertiary/aromatic N) is 3. The Kier molecular flexibility index (Phi) is 8.93. The second-order valence-electron chi connectivity index (χ2n) is 11.1. The van der Waals surface area contributed by atoms with Crippen LogP contribution in [0, 0.1) is 0 Å². The third-order valence-corrected chi connectivity index (χ3v) is 8.25. The Hall–Kier alpha value is -4.24. The summed E-state index contributed by atoms with van der Waals surface area (Å²) in [6.07, 6.45) is -0.197. The van der Waals surface area contributed by atoms with Crippen LogP contribution in [0.25, 0.3) is 32.8 Å². The smallest absolute Gasteiger partial charge is 0.355 e. The van der Waals surface area contributed by atoms with E-state index in [1.165, 1.54) is 0 Å². The largest absolute Gasteiger partial charge is 0.493 e. The number of alkyl halides is 2. The van der Waals surface area contributed by atoms with Gasteiger partial charge in [-0.25, -0.2) is 13.6 Å². The van der Waals surface area contributed by atoms with Gasteiger partial charge in [0.1, 0.15) is 11.4 Å². The molecule has 0 saturated carbocycles. The van der Waals surface area contributed by atoms with Gasteiger partial charge in [-0.3, -0.25) is 4.68 Å². The second kappa shape index (κ2) is 13.2. The maximum atomic E-state index is 13.8. The van der Waals surface area contributed by atoms with Crippen molar-refractivity contribution in [3.8, 4) is 16.9 Å². The molecule has 9 heteroatoms. The molecule has 0 fully saturated rings. The molecular weight excluding hydrogens is 564 g/mol. The van der Waals surface area contributed by atoms with Crippen molar-refractivity contribution in [1.82, 2.24) is 14.3 Å². The molecule has 0 saturated heterocycles. The molecule has 230 valence electrons. The van der Waals surface area contributed by atoms with E-state index in [1.54, 1.807) is 18.7 Å². The quantitative estimate of drug-likeness (QED) is 0.129. The Morgan fingerprint density at radius 3 is 2.68 bits per heavy atom. The minimum Gasteiger partial charge on any atom is -0.493 e. The molecule has 1 aliphatic rings. The third-order valence-electron chi connectivity index (χ3n) is 8.25. The molecule has 0 bridgehead atoms. The third kappa shape index (κ3) is 5.80. The number of carbonyl (C=O) groups excluding carboxylic acids is 1. The number of carbonyl (C=O) groups is 1. The van der Waals surface area contributed by atoms with Crippen molar-refractivity contribution in [3.05, 3.63) is 83.3 Å². The topological polar surface area (TPSA) is 67.5 Å². The lowest BCUT2D eigenvalue weighted by atomic mass is 9.97. The minimum atomic E-state index is -2.55. The molecule has 0 radical (unpaired) electrons. The first-order chi connectivity index (χ1) is 21.5. The van der Waals surface area contributed by atoms with Crippen molar-refractivity contribution in [3.63, 3.8) is 0 Å². The van der Waals surface area contributed by atoms with E-state index in [-0.39, 0.29) is 19.2 Å². The molecule has 0 aliphatic carbocycles. The highest BCUT2D eigenvalue weighted by atomic mass is 19.3. The first kappa shape index (κ1) is 29.8. The fraction of sp³-hybridized carbons (Fsp3) is 0.371. The van der Waals surface area contributed by atoms with Crippen molar-refractivity contribution in [2.45, 2.75) is 58.6 Å². The molecule has 1 aliphatic heterocycles. The highest BCUT2D eigenvalue weighted by Crippen LogP contribution is 2.40. The van der Waals surface area contributed by atoms with Gasteiger partial charge in [0, 0.05) is 42.1 Å². The number of hydrogen-bond acceptors (Lipinski definition) is 5. The summed E-state index contributed by atoms with van der Waals surface area (Å²) in [4.78, 5) is 13.6. The van der Waals surface area contributed by atoms with Crippen molar-refractivity contribution in [2.24, 2.45) is 7.05 Å². The fourth-order valence-corrected chi connectivity index (χ4v) is 6.37. The van der Waals surface area contributed by atoms with Crippen LogP contribution in [0.15, 0.2) is 60.7 Å². The molecule has 0 atom stereocenters. The molecular formula is C35H37F2N3O4. The number of halogens is 2. The number of rotatable bonds is 9. The molecule has 5 aromatic rings. The van der Waals surface area contributed by atoms with Crippen molar-refractivity contribution in [2.75, 3.05) is 19.8 Å². The van der Waals surface area contributed by atoms with Crippen molar-refractivity contribution >= 4 is 27.6 Å². The molecule has 7 nitrogen and oxygen atoms in total. The maximum Gasteiger partial charge on any atom is 0.355 e. The summed E-state index contributed by atoms with van der Waals surface area (Å²) in [5.74, 6) is 0.440. The van der Waals surface area contributed by atoms with Gasteiger partial charge in [-0.2, -0.15) is 5.10 Å². The van der Waals surface area contributed by atoms with E-state index in [9.17, 15) is 13.6 Å². The molecule has 44 heavy (non-hydrogen) atoms. The lowest BCUT2D eigenvalue weighted by molar-refractivity contribution is 0.0512. The molecule has 3 heterocycles. The Balaban J connectivity index is 1.44. The van der Waals surface area contributed by atoms with Gasteiger partial charge in [0.25, 0.3) is 0 Å². The summed E-state index contributed by atoms with van der Waals surface area (Å²) in [6.45, 7) is 3.86. The maximum absolute atomic E-state index is 13.8. The van der Waals surface area contributed by atoms with Gasteiger partial charge in [0.2, 0.25) is 6.43 Å². The zero-order valence-corrected chi connectivity index (χ0v) is 25.2. The van der Waals surface area contributed by atoms with E-state index < -0.39 is 12.8 Å². The Bertz CT molecular complexity index is 1790. The zero-order chi connectivity index (χ0) is 30.6. The van der Waals surface area contributed by atoms with Gasteiger partial charge in [0.15, 0.2) is 0 Å². The van der Waals surface area contributed by atoms with Crippen molar-refractivity contribution < 1.29 is 27.8 Å². The highest BCUT2D eigenvalue weighted by molar-refractivity contribution is 6.05. The standard InChI is InChI=1S/C35H37F2N3O4/c1-3-43-35(41)34-26(16-10-20-44-30-17-8-12-23-11-4-5-13-24(23)30)25-14-9-15-27-32-28(21-31(36)37)38-39(2)29(32)22-42-19-7-6-18-40(34)33(25)27/h4-5,8-9,11-15,17,31H,3,6-7,10,16,18-22H2,1-2H3. The van der Waals surface area contributed by atoms with E-state index in [0.717, 1.165) is 57.1 Å². The number of aryl methyl sites for hydroxylation is 3. The van der Waals surface area contributed by atoms with Crippen LogP contribution in [0.5, 0.6) is 5.75 Å². The van der Waals surface area contributed by atoms with Crippen LogP contribution in [-0.4, -0.2) is 46.6 Å². The molecule has 6 rings (SSSR count). The van der Waals surface area contributed by atoms with Gasteiger partial charge in [0.05, 0.1) is 43.1 Å². The molecule has 0 spiro atoms. The van der Waals surface area contributed by atoms with Gasteiger partial charge >= 0.3 is 5.97 Å². The summed E-state index contributed by atoms with van der Waals surface area (Å²) in [5, 5.41) is 7.59. The number of para-hydroxylation sites is 1. The summed E-state index contributed by atoms with van der Waals surface area (Å²) >= 11 is 0. The van der Waals surface area contributed by atoms with Crippen molar-refractivity contribution in [1.29, 1.82) is 0 Å². The number of hydrogen-bond donors (Lipinski definition) is 0. The first-order valence-electron chi connectivity index (χ1n) is 15.3. The highest BCUT2D eigenvalue weighted by Gasteiger charge is 2.29. The minimum absolute atomic E-state index is 0.246. The van der Waals surface area contributed by atoms with Crippen LogP contribution in [0.2, 0.25) is 0 Å². The SMILES string of the molecule is CCOC(=O)c1c(CCCOc2cccc3ccccc23)c2cccc3c2n1CCCCOCc1c-3c(CC(F)F)nn1C. The van der Waals surface area contributed by atoms with Gasteiger partial charge in [-0.05, 0) is 49.6 Å². The van der Waals surface area contributed by atoms with Gasteiger partial charge in [-0.15, -0.1) is 0 Å². The van der Waals surface area contributed by atoms with Crippen LogP contribution in [0.4, 0.5) is 8.78 Å². The number of ether oxygens (including phenoxy) is 3. The summed E-state index contributed by atoms with van der Waals surface area (Å²) in [6, 6.07) is 20.0. The van der Waals surface area contributed by atoms with E-state index in [4.69, 9.17) is 14.2 Å². The Morgan fingerprint density at radius 1 is 1.05 bits per heavy atom. The second-order valence-corrected chi connectivity index (χ2v) is 11.1. The van der Waals surface area contributed by atoms with Gasteiger partial charge in [-0.1, -0.05) is 54.6 Å². The molecule has 2 aromatic heterocycles. The zero-order valence-electron chi connectivity index (χ0n) is 25.2. The summed E-state index contributed by atoms with van der Waals surface area (Å²) in [7, 11) is 1.77. The van der Waals surface area contributed by atoms with E-state index in [0.29, 0.717) is 49.6 Å². The lowest BCUT2D eigenvalue weighted by Gasteiger charge is -2.13. The lowest BCUT2D eigenvalue weighted by Crippen LogP contribution is -2.15. The van der Waals surface area contributed by atoms with Crippen LogP contribution in [0.3, 0.4) is 0 Å². The van der Waals surface area contributed by atoms with Crippen LogP contribution >= 0.6 is 0 Å². The van der Waals surface area contributed by atoms with Gasteiger partial charge < -0.3 is 18.8 Å². The number of benzene rings is 3. The van der Waals surface area contributed by atoms with E-state index in [2.05, 4.69) is 17.2 Å². The van der Waals surface area contributed by atoms with Crippen LogP contribution in [0.1, 0.15) is 53.6 Å². The molecule has 3 aromatic carbocycles. The number of esters is 1.